The van der Waals surface area contributed by atoms with Gasteiger partial charge in [-0.1, -0.05) is 18.2 Å². The highest BCUT2D eigenvalue weighted by Gasteiger charge is 2.36. The molecule has 1 N–H and O–H groups in total. The van der Waals surface area contributed by atoms with Crippen molar-refractivity contribution < 1.29 is 23.4 Å². The van der Waals surface area contributed by atoms with Gasteiger partial charge in [0, 0.05) is 18.7 Å². The number of hydrogen-bond donors (Lipinski definition) is 1. The molecule has 3 rings (SSSR count). The SMILES string of the molecule is COc1ccccc1C(=O)N(C)CC(O)(Cn1cncn1)c1ccc(F)cc1F. The van der Waals surface area contributed by atoms with Crippen LogP contribution in [0.5, 0.6) is 5.75 Å². The second-order valence-corrected chi connectivity index (χ2v) is 6.61. The quantitative estimate of drug-likeness (QED) is 0.656. The lowest BCUT2D eigenvalue weighted by molar-refractivity contribution is -0.0129. The summed E-state index contributed by atoms with van der Waals surface area (Å²) in [5.74, 6) is -1.75. The number of halogens is 2. The number of aliphatic hydroxyl groups is 1. The molecule has 1 atom stereocenters. The Hall–Kier alpha value is -3.33. The maximum absolute atomic E-state index is 14.5. The summed E-state index contributed by atoms with van der Waals surface area (Å²) < 4.78 is 34.4. The van der Waals surface area contributed by atoms with Crippen LogP contribution >= 0.6 is 0 Å². The van der Waals surface area contributed by atoms with E-state index in [9.17, 15) is 18.7 Å². The zero-order valence-corrected chi connectivity index (χ0v) is 15.9. The topological polar surface area (TPSA) is 80.5 Å². The Morgan fingerprint density at radius 1 is 1.28 bits per heavy atom. The van der Waals surface area contributed by atoms with E-state index in [1.165, 1.54) is 36.4 Å². The summed E-state index contributed by atoms with van der Waals surface area (Å²) in [5, 5.41) is 15.3. The monoisotopic (exact) mass is 402 g/mol. The first-order valence-electron chi connectivity index (χ1n) is 8.73. The van der Waals surface area contributed by atoms with Gasteiger partial charge in [0.15, 0.2) is 0 Å². The number of ether oxygens (including phenoxy) is 1. The number of carbonyl (C=O) groups is 1. The Bertz CT molecular complexity index is 997. The third-order valence-corrected chi connectivity index (χ3v) is 4.51. The van der Waals surface area contributed by atoms with Gasteiger partial charge in [0.05, 0.1) is 25.8 Å². The van der Waals surface area contributed by atoms with Gasteiger partial charge in [0.2, 0.25) is 0 Å². The van der Waals surface area contributed by atoms with Crippen molar-refractivity contribution in [2.75, 3.05) is 20.7 Å². The molecule has 3 aromatic rings. The van der Waals surface area contributed by atoms with E-state index in [2.05, 4.69) is 10.1 Å². The molecule has 1 heterocycles. The summed E-state index contributed by atoms with van der Waals surface area (Å²) >= 11 is 0. The van der Waals surface area contributed by atoms with Gasteiger partial charge in [0.1, 0.15) is 35.6 Å². The fraction of sp³-hybridized carbons (Fsp3) is 0.250. The highest BCUT2D eigenvalue weighted by Crippen LogP contribution is 2.29. The molecular formula is C20H20F2N4O3. The van der Waals surface area contributed by atoms with Crippen LogP contribution in [-0.2, 0) is 12.1 Å². The predicted molar refractivity (Wildman–Crippen MR) is 100 cm³/mol. The van der Waals surface area contributed by atoms with Crippen molar-refractivity contribution >= 4 is 5.91 Å². The summed E-state index contributed by atoms with van der Waals surface area (Å²) in [7, 11) is 2.92. The van der Waals surface area contributed by atoms with Crippen molar-refractivity contribution in [2.24, 2.45) is 0 Å². The first kappa shape index (κ1) is 20.4. The van der Waals surface area contributed by atoms with Gasteiger partial charge in [-0.3, -0.25) is 4.79 Å². The summed E-state index contributed by atoms with van der Waals surface area (Å²) in [5.41, 5.74) is -1.76. The van der Waals surface area contributed by atoms with Crippen molar-refractivity contribution in [1.82, 2.24) is 19.7 Å². The first-order chi connectivity index (χ1) is 13.8. The fourth-order valence-electron chi connectivity index (χ4n) is 3.16. The van der Waals surface area contributed by atoms with E-state index in [-0.39, 0.29) is 18.7 Å². The van der Waals surface area contributed by atoms with Gasteiger partial charge >= 0.3 is 0 Å². The molecule has 29 heavy (non-hydrogen) atoms. The van der Waals surface area contributed by atoms with E-state index in [0.29, 0.717) is 17.4 Å². The number of rotatable bonds is 7. The summed E-state index contributed by atoms with van der Waals surface area (Å²) in [4.78, 5) is 18.0. The van der Waals surface area contributed by atoms with Crippen LogP contribution in [0.15, 0.2) is 55.1 Å². The molecule has 0 aliphatic heterocycles. The van der Waals surface area contributed by atoms with Crippen LogP contribution in [0.3, 0.4) is 0 Å². The van der Waals surface area contributed by atoms with Crippen LogP contribution in [0.25, 0.3) is 0 Å². The Kier molecular flexibility index (Phi) is 5.88. The highest BCUT2D eigenvalue weighted by molar-refractivity contribution is 5.96. The van der Waals surface area contributed by atoms with E-state index in [1.807, 2.05) is 0 Å². The lowest BCUT2D eigenvalue weighted by atomic mass is 9.92. The molecular weight excluding hydrogens is 382 g/mol. The number of para-hydroxylation sites is 1. The maximum atomic E-state index is 14.5. The number of nitrogens with zero attached hydrogens (tertiary/aromatic N) is 4. The maximum Gasteiger partial charge on any atom is 0.257 e. The standard InChI is InChI=1S/C20H20F2N4O3/c1-25(19(27)15-5-3-4-6-18(15)29-2)10-20(28,11-26-13-23-12-24-26)16-8-7-14(21)9-17(16)22/h3-9,12-13,28H,10-11H2,1-2H3. The second-order valence-electron chi connectivity index (χ2n) is 6.61. The Morgan fingerprint density at radius 3 is 2.69 bits per heavy atom. The van der Waals surface area contributed by atoms with Crippen LogP contribution in [0, 0.1) is 11.6 Å². The third kappa shape index (κ3) is 4.40. The predicted octanol–water partition coefficient (Wildman–Crippen LogP) is 2.22. The van der Waals surface area contributed by atoms with Gasteiger partial charge in [0.25, 0.3) is 5.91 Å². The average Bonchev–Trinajstić information content (AvgIpc) is 3.19. The molecule has 1 unspecified atom stereocenters. The number of amides is 1. The molecule has 0 radical (unpaired) electrons. The zero-order chi connectivity index (χ0) is 21.0. The van der Waals surface area contributed by atoms with Crippen molar-refractivity contribution in [2.45, 2.75) is 12.1 Å². The minimum absolute atomic E-state index is 0.158. The Labute approximate surface area is 166 Å². The number of benzene rings is 2. The van der Waals surface area contributed by atoms with Gasteiger partial charge in [-0.25, -0.2) is 18.4 Å². The molecule has 1 amide bonds. The average molecular weight is 402 g/mol. The second kappa shape index (κ2) is 8.36. The molecule has 0 saturated carbocycles. The van der Waals surface area contributed by atoms with Crippen molar-refractivity contribution in [3.8, 4) is 5.75 Å². The lowest BCUT2D eigenvalue weighted by Crippen LogP contribution is -2.45. The minimum Gasteiger partial charge on any atom is -0.496 e. The van der Waals surface area contributed by atoms with Crippen LogP contribution < -0.4 is 4.74 Å². The minimum atomic E-state index is -1.89. The highest BCUT2D eigenvalue weighted by atomic mass is 19.1. The first-order valence-corrected chi connectivity index (χ1v) is 8.73. The number of hydrogen-bond acceptors (Lipinski definition) is 5. The molecule has 7 nitrogen and oxygen atoms in total. The van der Waals surface area contributed by atoms with Gasteiger partial charge < -0.3 is 14.7 Å². The van der Waals surface area contributed by atoms with Gasteiger partial charge in [-0.2, -0.15) is 5.10 Å². The van der Waals surface area contributed by atoms with E-state index in [1.54, 1.807) is 24.3 Å². The molecule has 0 saturated heterocycles. The summed E-state index contributed by atoms with van der Waals surface area (Å²) in [6, 6.07) is 9.53. The molecule has 0 aliphatic carbocycles. The van der Waals surface area contributed by atoms with Crippen molar-refractivity contribution in [3.05, 3.63) is 77.9 Å². The van der Waals surface area contributed by atoms with Crippen LogP contribution in [0.1, 0.15) is 15.9 Å². The van der Waals surface area contributed by atoms with E-state index in [0.717, 1.165) is 12.1 Å². The molecule has 0 spiro atoms. The van der Waals surface area contributed by atoms with E-state index >= 15 is 0 Å². The van der Waals surface area contributed by atoms with Gasteiger partial charge in [-0.05, 0) is 18.2 Å². The normalized spacial score (nSPS) is 13.0. The van der Waals surface area contributed by atoms with Crippen LogP contribution in [0.4, 0.5) is 8.78 Å². The van der Waals surface area contributed by atoms with Crippen molar-refractivity contribution in [1.29, 1.82) is 0 Å². The molecule has 9 heteroatoms. The molecule has 0 bridgehead atoms. The summed E-state index contributed by atoms with van der Waals surface area (Å²) in [6.07, 6.45) is 2.62. The van der Waals surface area contributed by atoms with Crippen LogP contribution in [0.2, 0.25) is 0 Å². The molecule has 0 aliphatic rings. The van der Waals surface area contributed by atoms with Gasteiger partial charge in [-0.15, -0.1) is 0 Å². The number of likely N-dealkylation sites (N-methyl/N-ethyl adjacent to an activating group) is 1. The third-order valence-electron chi connectivity index (χ3n) is 4.51. The summed E-state index contributed by atoms with van der Waals surface area (Å²) in [6.45, 7) is -0.481. The van der Waals surface area contributed by atoms with E-state index in [4.69, 9.17) is 4.74 Å². The zero-order valence-electron chi connectivity index (χ0n) is 15.9. The molecule has 152 valence electrons. The Balaban J connectivity index is 1.95. The van der Waals surface area contributed by atoms with E-state index < -0.39 is 23.1 Å². The smallest absolute Gasteiger partial charge is 0.257 e. The number of methoxy groups -OCH3 is 1. The number of aromatic nitrogens is 3. The largest absolute Gasteiger partial charge is 0.496 e. The molecule has 2 aromatic carbocycles. The van der Waals surface area contributed by atoms with Crippen LogP contribution in [-0.4, -0.2) is 51.4 Å². The molecule has 1 aromatic heterocycles. The Morgan fingerprint density at radius 2 is 2.03 bits per heavy atom. The number of carbonyl (C=O) groups excluding carboxylic acids is 1. The molecule has 0 fully saturated rings. The van der Waals surface area contributed by atoms with Crippen molar-refractivity contribution in [3.63, 3.8) is 0 Å². The fourth-order valence-corrected chi connectivity index (χ4v) is 3.16. The lowest BCUT2D eigenvalue weighted by Gasteiger charge is -2.33.